The number of benzene rings is 1. The van der Waals surface area contributed by atoms with Crippen LogP contribution in [0.1, 0.15) is 37.7 Å². The minimum atomic E-state index is -0.543. The number of nitrogens with one attached hydrogen (secondary N) is 2. The van der Waals surface area contributed by atoms with Crippen molar-refractivity contribution < 1.29 is 13.5 Å². The summed E-state index contributed by atoms with van der Waals surface area (Å²) in [6, 6.07) is 3.61. The Morgan fingerprint density at radius 3 is 2.44 bits per heavy atom. The van der Waals surface area contributed by atoms with Gasteiger partial charge in [0.2, 0.25) is 0 Å². The first-order valence-electron chi connectivity index (χ1n) is 8.95. The number of guanidine groups is 1. The second-order valence-electron chi connectivity index (χ2n) is 6.83. The van der Waals surface area contributed by atoms with E-state index >= 15 is 0 Å². The zero-order chi connectivity index (χ0) is 18.1. The van der Waals surface area contributed by atoms with Crippen LogP contribution in [0.5, 0.6) is 0 Å². The average Bonchev–Trinajstić information content (AvgIpc) is 3.04. The molecule has 0 radical (unpaired) electrons. The molecule has 0 aliphatic heterocycles. The molecule has 4 nitrogen and oxygen atoms in total. The van der Waals surface area contributed by atoms with E-state index in [2.05, 4.69) is 15.6 Å². The highest BCUT2D eigenvalue weighted by atomic mass is 19.1. The lowest BCUT2D eigenvalue weighted by molar-refractivity contribution is 0.138. The van der Waals surface area contributed by atoms with E-state index in [4.69, 9.17) is 4.74 Å². The first-order chi connectivity index (χ1) is 12.1. The summed E-state index contributed by atoms with van der Waals surface area (Å²) in [5.74, 6) is -0.363. The van der Waals surface area contributed by atoms with Crippen LogP contribution < -0.4 is 10.6 Å². The summed E-state index contributed by atoms with van der Waals surface area (Å²) in [5, 5.41) is 6.62. The van der Waals surface area contributed by atoms with E-state index in [1.807, 2.05) is 0 Å². The molecule has 0 saturated heterocycles. The monoisotopic (exact) mass is 353 g/mol. The first-order valence-corrected chi connectivity index (χ1v) is 8.95. The summed E-state index contributed by atoms with van der Waals surface area (Å²) in [6.45, 7) is 2.21. The molecule has 2 N–H and O–H groups in total. The van der Waals surface area contributed by atoms with Crippen molar-refractivity contribution in [3.05, 3.63) is 35.4 Å². The van der Waals surface area contributed by atoms with Crippen LogP contribution in [0, 0.1) is 17.0 Å². The predicted molar refractivity (Wildman–Crippen MR) is 96.8 cm³/mol. The number of halogens is 2. The van der Waals surface area contributed by atoms with Gasteiger partial charge >= 0.3 is 0 Å². The average molecular weight is 353 g/mol. The molecule has 2 rings (SSSR count). The van der Waals surface area contributed by atoms with Crippen LogP contribution >= 0.6 is 0 Å². The lowest BCUT2D eigenvalue weighted by Crippen LogP contribution is -2.43. The van der Waals surface area contributed by atoms with Gasteiger partial charge in [-0.15, -0.1) is 0 Å². The topological polar surface area (TPSA) is 45.7 Å². The van der Waals surface area contributed by atoms with Crippen LogP contribution in [0.4, 0.5) is 8.78 Å². The second-order valence-corrected chi connectivity index (χ2v) is 6.83. The Labute approximate surface area is 149 Å². The van der Waals surface area contributed by atoms with Gasteiger partial charge in [-0.05, 0) is 48.8 Å². The van der Waals surface area contributed by atoms with E-state index in [0.29, 0.717) is 18.5 Å². The summed E-state index contributed by atoms with van der Waals surface area (Å²) >= 11 is 0. The number of ether oxygens (including phenoxy) is 1. The molecule has 0 unspecified atom stereocenters. The highest BCUT2D eigenvalue weighted by Gasteiger charge is 2.33. The highest BCUT2D eigenvalue weighted by molar-refractivity contribution is 5.79. The van der Waals surface area contributed by atoms with Gasteiger partial charge in [-0.2, -0.15) is 0 Å². The molecule has 0 amide bonds. The van der Waals surface area contributed by atoms with Crippen molar-refractivity contribution in [2.45, 2.75) is 38.5 Å². The van der Waals surface area contributed by atoms with Gasteiger partial charge < -0.3 is 15.4 Å². The molecule has 0 spiro atoms. The molecule has 1 aromatic rings. The number of nitrogens with zero attached hydrogens (tertiary/aromatic N) is 1. The van der Waals surface area contributed by atoms with Gasteiger partial charge in [0.05, 0.1) is 0 Å². The third-order valence-corrected chi connectivity index (χ3v) is 4.98. The van der Waals surface area contributed by atoms with Gasteiger partial charge in [0, 0.05) is 39.9 Å². The third kappa shape index (κ3) is 6.27. The number of hydrogen-bond acceptors (Lipinski definition) is 2. The minimum Gasteiger partial charge on any atom is -0.385 e. The van der Waals surface area contributed by atoms with Crippen LogP contribution in [0.2, 0.25) is 0 Å². The molecule has 140 valence electrons. The molecule has 1 saturated carbocycles. The quantitative estimate of drug-likeness (QED) is 0.557. The van der Waals surface area contributed by atoms with Crippen LogP contribution in [0.3, 0.4) is 0 Å². The standard InChI is InChI=1S/C19H29F2N3O/c1-22-18(23-9-5-15-11-16(20)13-17(21)12-15)24-14-19(8-10-25-2)6-3-4-7-19/h11-13H,3-10,14H2,1-2H3,(H2,22,23,24). The Kier molecular flexibility index (Phi) is 7.62. The summed E-state index contributed by atoms with van der Waals surface area (Å²) in [4.78, 5) is 4.24. The van der Waals surface area contributed by atoms with Gasteiger partial charge in [-0.3, -0.25) is 4.99 Å². The summed E-state index contributed by atoms with van der Waals surface area (Å²) in [7, 11) is 3.47. The van der Waals surface area contributed by atoms with Gasteiger partial charge in [-0.25, -0.2) is 8.78 Å². The van der Waals surface area contributed by atoms with Crippen molar-refractivity contribution in [1.82, 2.24) is 10.6 Å². The molecular formula is C19H29F2N3O. The smallest absolute Gasteiger partial charge is 0.191 e. The van der Waals surface area contributed by atoms with E-state index in [1.54, 1.807) is 14.2 Å². The third-order valence-electron chi connectivity index (χ3n) is 4.98. The first kappa shape index (κ1) is 19.6. The SMILES string of the molecule is CN=C(NCCc1cc(F)cc(F)c1)NCC1(CCOC)CCCC1. The van der Waals surface area contributed by atoms with E-state index in [1.165, 1.54) is 37.8 Å². The molecule has 1 aliphatic carbocycles. The fourth-order valence-electron chi connectivity index (χ4n) is 3.53. The normalized spacial score (nSPS) is 16.9. The van der Waals surface area contributed by atoms with Crippen LogP contribution in [-0.4, -0.2) is 39.8 Å². The van der Waals surface area contributed by atoms with Crippen LogP contribution in [-0.2, 0) is 11.2 Å². The van der Waals surface area contributed by atoms with Gasteiger partial charge in [0.15, 0.2) is 5.96 Å². The molecule has 1 aromatic carbocycles. The highest BCUT2D eigenvalue weighted by Crippen LogP contribution is 2.40. The zero-order valence-electron chi connectivity index (χ0n) is 15.2. The fraction of sp³-hybridized carbons (Fsp3) is 0.632. The van der Waals surface area contributed by atoms with E-state index < -0.39 is 11.6 Å². The molecule has 1 fully saturated rings. The fourth-order valence-corrected chi connectivity index (χ4v) is 3.53. The Morgan fingerprint density at radius 2 is 1.84 bits per heavy atom. The summed E-state index contributed by atoms with van der Waals surface area (Å²) < 4.78 is 31.7. The minimum absolute atomic E-state index is 0.277. The zero-order valence-corrected chi connectivity index (χ0v) is 15.2. The van der Waals surface area contributed by atoms with Gasteiger partial charge in [0.25, 0.3) is 0 Å². The Bertz CT molecular complexity index is 552. The molecule has 0 aromatic heterocycles. The van der Waals surface area contributed by atoms with Crippen LogP contribution in [0.15, 0.2) is 23.2 Å². The Morgan fingerprint density at radius 1 is 1.16 bits per heavy atom. The van der Waals surface area contributed by atoms with Crippen molar-refractivity contribution in [1.29, 1.82) is 0 Å². The van der Waals surface area contributed by atoms with E-state index in [0.717, 1.165) is 31.6 Å². The maximum Gasteiger partial charge on any atom is 0.191 e. The lowest BCUT2D eigenvalue weighted by Gasteiger charge is -2.30. The number of rotatable bonds is 8. The molecule has 0 atom stereocenters. The number of hydrogen-bond donors (Lipinski definition) is 2. The molecule has 6 heteroatoms. The largest absolute Gasteiger partial charge is 0.385 e. The maximum absolute atomic E-state index is 13.2. The molecule has 25 heavy (non-hydrogen) atoms. The molecule has 1 aliphatic rings. The summed E-state index contributed by atoms with van der Waals surface area (Å²) in [5.41, 5.74) is 0.909. The van der Waals surface area contributed by atoms with Crippen molar-refractivity contribution in [2.24, 2.45) is 10.4 Å². The van der Waals surface area contributed by atoms with Gasteiger partial charge in [-0.1, -0.05) is 12.8 Å². The number of methoxy groups -OCH3 is 1. The maximum atomic E-state index is 13.2. The van der Waals surface area contributed by atoms with E-state index in [-0.39, 0.29) is 5.41 Å². The molecule has 0 heterocycles. The summed E-state index contributed by atoms with van der Waals surface area (Å²) in [6.07, 6.45) is 6.54. The van der Waals surface area contributed by atoms with Crippen LogP contribution in [0.25, 0.3) is 0 Å². The molecule has 0 bridgehead atoms. The Hall–Kier alpha value is -1.69. The second kappa shape index (κ2) is 9.70. The van der Waals surface area contributed by atoms with Crippen molar-refractivity contribution in [3.8, 4) is 0 Å². The van der Waals surface area contributed by atoms with Crippen molar-refractivity contribution >= 4 is 5.96 Å². The van der Waals surface area contributed by atoms with Crippen molar-refractivity contribution in [3.63, 3.8) is 0 Å². The molecular weight excluding hydrogens is 324 g/mol. The van der Waals surface area contributed by atoms with E-state index in [9.17, 15) is 8.78 Å². The Balaban J connectivity index is 1.80. The lowest BCUT2D eigenvalue weighted by atomic mass is 9.83. The van der Waals surface area contributed by atoms with Gasteiger partial charge in [0.1, 0.15) is 11.6 Å². The number of aliphatic imine (C=N–C) groups is 1. The van der Waals surface area contributed by atoms with Crippen molar-refractivity contribution in [2.75, 3.05) is 33.9 Å². The predicted octanol–water partition coefficient (Wildman–Crippen LogP) is 3.27.